The van der Waals surface area contributed by atoms with Crippen LogP contribution in [0.4, 0.5) is 0 Å². The molecule has 0 bridgehead atoms. The number of aliphatic hydroxyl groups excluding tert-OH is 2. The smallest absolute Gasteiger partial charge is 0.382 e. The fraction of sp³-hybridized carbons (Fsp3) is 0.606. The van der Waals surface area contributed by atoms with Crippen LogP contribution in [0.3, 0.4) is 0 Å². The van der Waals surface area contributed by atoms with Gasteiger partial charge in [0.2, 0.25) is 0 Å². The molecule has 0 unspecified atom stereocenters. The lowest BCUT2D eigenvalue weighted by atomic mass is 9.93. The summed E-state index contributed by atoms with van der Waals surface area (Å²) >= 11 is 0. The average Bonchev–Trinajstić information content (AvgIpc) is 2.99. The maximum atomic E-state index is 11.7. The first-order valence-electron chi connectivity index (χ1n) is 15.9. The minimum atomic E-state index is -4.30. The van der Waals surface area contributed by atoms with Crippen molar-refractivity contribution >= 4 is 16.3 Å². The van der Waals surface area contributed by atoms with Crippen molar-refractivity contribution in [2.75, 3.05) is 26.3 Å². The summed E-state index contributed by atoms with van der Waals surface area (Å²) in [6.07, 6.45) is 12.3. The molecule has 0 saturated heterocycles. The summed E-state index contributed by atoms with van der Waals surface area (Å²) in [5, 5.41) is 35.1. The minimum Gasteiger partial charge on any atom is -0.508 e. The van der Waals surface area contributed by atoms with E-state index in [9.17, 15) is 28.5 Å². The predicted molar refractivity (Wildman–Crippen MR) is 169 cm³/mol. The van der Waals surface area contributed by atoms with Gasteiger partial charge in [0.05, 0.1) is 19.1 Å². The lowest BCUT2D eigenvalue weighted by molar-refractivity contribution is -0.133. The number of benzene rings is 2. The van der Waals surface area contributed by atoms with Gasteiger partial charge in [-0.3, -0.25) is 9.69 Å². The van der Waals surface area contributed by atoms with Crippen LogP contribution in [0, 0.1) is 0 Å². The molecule has 0 radical (unpaired) electrons. The van der Waals surface area contributed by atoms with Gasteiger partial charge in [-0.25, -0.2) is 0 Å². The zero-order valence-corrected chi connectivity index (χ0v) is 26.6. The molecule has 1 fully saturated rings. The van der Waals surface area contributed by atoms with Crippen LogP contribution in [-0.2, 0) is 43.5 Å². The number of phenols is 1. The van der Waals surface area contributed by atoms with E-state index in [4.69, 9.17) is 9.88 Å². The predicted octanol–water partition coefficient (Wildman–Crippen LogP) is 4.44. The number of nitrogens with zero attached hydrogens (tertiary/aromatic N) is 1. The van der Waals surface area contributed by atoms with Gasteiger partial charge in [-0.1, -0.05) is 62.4 Å². The van der Waals surface area contributed by atoms with Crippen molar-refractivity contribution in [3.63, 3.8) is 0 Å². The molecule has 0 aromatic heterocycles. The summed E-state index contributed by atoms with van der Waals surface area (Å²) in [5.74, 6) is -0.853. The molecule has 2 aromatic carbocycles. The first-order chi connectivity index (χ1) is 21.1. The van der Waals surface area contributed by atoms with E-state index in [1.165, 1.54) is 32.1 Å². The number of aryl methyl sites for hydroxylation is 1. The van der Waals surface area contributed by atoms with E-state index in [0.29, 0.717) is 30.3 Å². The number of aliphatic hydroxyl groups is 2. The van der Waals surface area contributed by atoms with Crippen molar-refractivity contribution in [3.8, 4) is 5.75 Å². The van der Waals surface area contributed by atoms with Crippen molar-refractivity contribution in [2.24, 2.45) is 5.14 Å². The van der Waals surface area contributed by atoms with Crippen LogP contribution in [0.5, 0.6) is 5.75 Å². The van der Waals surface area contributed by atoms with Gasteiger partial charge >= 0.3 is 16.3 Å². The molecule has 1 atom stereocenters. The van der Waals surface area contributed by atoms with E-state index in [1.54, 1.807) is 24.3 Å². The number of ether oxygens (including phenoxy) is 1. The number of hydrogen-bond acceptors (Lipinski definition) is 9. The molecule has 11 heteroatoms. The third-order valence-corrected chi connectivity index (χ3v) is 8.61. The van der Waals surface area contributed by atoms with E-state index in [1.807, 2.05) is 18.2 Å². The quantitative estimate of drug-likeness (QED) is 0.154. The molecular weight excluding hydrogens is 584 g/mol. The summed E-state index contributed by atoms with van der Waals surface area (Å²) in [7, 11) is -4.30. The maximum Gasteiger partial charge on any atom is 0.382 e. The molecule has 0 aliphatic heterocycles. The Bertz CT molecular complexity index is 1250. The van der Waals surface area contributed by atoms with Crippen molar-refractivity contribution in [1.82, 2.24) is 4.90 Å². The standard InChI is InChI=1S/C33H50N2O8S/c34-44(40,41)43-33(39)22-27-13-10-12-26(21-27)11-6-9-20-42-19-8-2-1-7-18-35(30-14-4-3-5-15-30)24-32(38)28-16-17-31(37)29(23-28)25-36/h10,12-13,16-17,21,23,30,32,36-38H,1-9,11,14-15,18-20,22,24-25H2,(H2,34,40,41)/t32-/m0/s1. The zero-order valence-electron chi connectivity index (χ0n) is 25.7. The number of carbonyl (C=O) groups is 1. The highest BCUT2D eigenvalue weighted by Crippen LogP contribution is 2.27. The Hall–Kier alpha value is -2.54. The van der Waals surface area contributed by atoms with E-state index >= 15 is 0 Å². The Kier molecular flexibility index (Phi) is 15.6. The maximum absolute atomic E-state index is 11.7. The molecular formula is C33H50N2O8S. The molecule has 1 aliphatic carbocycles. The molecule has 44 heavy (non-hydrogen) atoms. The van der Waals surface area contributed by atoms with Crippen LogP contribution in [0.2, 0.25) is 0 Å². The zero-order chi connectivity index (χ0) is 31.8. The Morgan fingerprint density at radius 1 is 0.955 bits per heavy atom. The number of hydrogen-bond donors (Lipinski definition) is 4. The van der Waals surface area contributed by atoms with Gasteiger partial charge < -0.3 is 24.2 Å². The molecule has 246 valence electrons. The number of carbonyl (C=O) groups excluding carboxylic acids is 1. The summed E-state index contributed by atoms with van der Waals surface area (Å²) < 4.78 is 31.8. The highest BCUT2D eigenvalue weighted by molar-refractivity contribution is 7.84. The normalized spacial score (nSPS) is 15.0. The second-order valence-corrected chi connectivity index (χ2v) is 12.9. The van der Waals surface area contributed by atoms with Crippen molar-refractivity contribution in [1.29, 1.82) is 0 Å². The van der Waals surface area contributed by atoms with Crippen LogP contribution < -0.4 is 5.14 Å². The lowest BCUT2D eigenvalue weighted by Gasteiger charge is -2.36. The Morgan fingerprint density at radius 2 is 1.66 bits per heavy atom. The Balaban J connectivity index is 1.28. The average molecular weight is 635 g/mol. The van der Waals surface area contributed by atoms with E-state index in [0.717, 1.165) is 69.2 Å². The van der Waals surface area contributed by atoms with Crippen LogP contribution in [0.15, 0.2) is 42.5 Å². The highest BCUT2D eigenvalue weighted by Gasteiger charge is 2.24. The van der Waals surface area contributed by atoms with Crippen molar-refractivity contribution in [2.45, 2.75) is 102 Å². The van der Waals surface area contributed by atoms with E-state index < -0.39 is 22.4 Å². The van der Waals surface area contributed by atoms with Crippen LogP contribution in [-0.4, -0.2) is 67.0 Å². The van der Waals surface area contributed by atoms with Crippen LogP contribution >= 0.6 is 0 Å². The molecule has 0 amide bonds. The second kappa shape index (κ2) is 19.1. The molecule has 3 rings (SSSR count). The first-order valence-corrected chi connectivity index (χ1v) is 17.4. The fourth-order valence-corrected chi connectivity index (χ4v) is 6.18. The second-order valence-electron chi connectivity index (χ2n) is 11.8. The van der Waals surface area contributed by atoms with Gasteiger partial charge in [0.15, 0.2) is 0 Å². The first kappa shape index (κ1) is 35.9. The van der Waals surface area contributed by atoms with Gasteiger partial charge in [0, 0.05) is 31.4 Å². The monoisotopic (exact) mass is 634 g/mol. The third kappa shape index (κ3) is 13.6. The van der Waals surface area contributed by atoms with Crippen LogP contribution in [0.25, 0.3) is 0 Å². The molecule has 10 nitrogen and oxygen atoms in total. The van der Waals surface area contributed by atoms with Gasteiger partial charge in [-0.15, -0.1) is 0 Å². The molecule has 1 saturated carbocycles. The van der Waals surface area contributed by atoms with Gasteiger partial charge in [0.1, 0.15) is 5.75 Å². The fourth-order valence-electron chi connectivity index (χ4n) is 5.86. The highest BCUT2D eigenvalue weighted by atomic mass is 32.2. The van der Waals surface area contributed by atoms with Gasteiger partial charge in [0.25, 0.3) is 0 Å². The Labute approximate surface area is 262 Å². The SMILES string of the molecule is NS(=O)(=O)OC(=O)Cc1cccc(CCCCOCCCCCCN(C[C@H](O)c2ccc(O)c(CO)c2)C2CCCCC2)c1. The summed E-state index contributed by atoms with van der Waals surface area (Å²) in [4.78, 5) is 14.1. The topological polar surface area (TPSA) is 160 Å². The summed E-state index contributed by atoms with van der Waals surface area (Å²) in [6.45, 7) is 2.68. The number of unbranched alkanes of at least 4 members (excludes halogenated alkanes) is 4. The minimum absolute atomic E-state index is 0.0482. The van der Waals surface area contributed by atoms with Gasteiger partial charge in [-0.05, 0) is 80.3 Å². The van der Waals surface area contributed by atoms with Gasteiger partial charge in [-0.2, -0.15) is 13.6 Å². The number of aromatic hydroxyl groups is 1. The molecule has 0 spiro atoms. The van der Waals surface area contributed by atoms with Crippen LogP contribution in [0.1, 0.15) is 99.0 Å². The largest absolute Gasteiger partial charge is 0.508 e. The lowest BCUT2D eigenvalue weighted by Crippen LogP contribution is -2.40. The number of rotatable bonds is 20. The summed E-state index contributed by atoms with van der Waals surface area (Å²) in [5.41, 5.74) is 2.91. The Morgan fingerprint density at radius 3 is 2.39 bits per heavy atom. The third-order valence-electron chi connectivity index (χ3n) is 8.19. The molecule has 0 heterocycles. The number of nitrogens with two attached hydrogens (primary N) is 1. The van der Waals surface area contributed by atoms with Crippen molar-refractivity contribution in [3.05, 3.63) is 64.7 Å². The molecule has 5 N–H and O–H groups in total. The van der Waals surface area contributed by atoms with E-state index in [2.05, 4.69) is 9.08 Å². The summed E-state index contributed by atoms with van der Waals surface area (Å²) in [6, 6.07) is 12.9. The van der Waals surface area contributed by atoms with E-state index in [-0.39, 0.29) is 18.8 Å². The molecule has 1 aliphatic rings. The van der Waals surface area contributed by atoms with Crippen molar-refractivity contribution < 1.29 is 37.5 Å². The molecule has 2 aromatic rings.